The molecule has 0 bridgehead atoms. The van der Waals surface area contributed by atoms with E-state index < -0.39 is 18.0 Å². The van der Waals surface area contributed by atoms with Gasteiger partial charge in [-0.3, -0.25) is 4.79 Å². The molecule has 174 valence electrons. The second-order valence-electron chi connectivity index (χ2n) is 7.86. The van der Waals surface area contributed by atoms with Crippen LogP contribution in [0.4, 0.5) is 5.69 Å². The Kier molecular flexibility index (Phi) is 6.16. The maximum absolute atomic E-state index is 13.2. The molecule has 0 saturated heterocycles. The summed E-state index contributed by atoms with van der Waals surface area (Å²) in [6.07, 6.45) is -1.08. The van der Waals surface area contributed by atoms with Gasteiger partial charge in [-0.1, -0.05) is 59.6 Å². The highest BCUT2D eigenvalue weighted by molar-refractivity contribution is 6.36. The monoisotopic (exact) mass is 504 g/mol. The molecular formula is C27H18Cl2N2O4. The lowest BCUT2D eigenvalue weighted by Gasteiger charge is -2.16. The highest BCUT2D eigenvalue weighted by atomic mass is 35.5. The van der Waals surface area contributed by atoms with E-state index in [0.717, 1.165) is 5.39 Å². The average Bonchev–Trinajstić information content (AvgIpc) is 3.29. The van der Waals surface area contributed by atoms with Gasteiger partial charge in [-0.05, 0) is 54.8 Å². The molecule has 0 saturated carbocycles. The highest BCUT2D eigenvalue weighted by Gasteiger charge is 2.23. The Morgan fingerprint density at radius 3 is 2.51 bits per heavy atom. The van der Waals surface area contributed by atoms with Crippen molar-refractivity contribution in [2.45, 2.75) is 13.0 Å². The molecule has 1 aromatic heterocycles. The van der Waals surface area contributed by atoms with E-state index in [1.165, 1.54) is 13.0 Å². The molecule has 0 fully saturated rings. The van der Waals surface area contributed by atoms with Gasteiger partial charge >= 0.3 is 5.97 Å². The number of hydrogen-bond donors (Lipinski definition) is 1. The van der Waals surface area contributed by atoms with Crippen LogP contribution in [-0.2, 0) is 9.53 Å². The van der Waals surface area contributed by atoms with Gasteiger partial charge in [0.05, 0.1) is 16.3 Å². The molecule has 4 aromatic carbocycles. The van der Waals surface area contributed by atoms with Crippen LogP contribution in [0.3, 0.4) is 0 Å². The lowest BCUT2D eigenvalue weighted by Crippen LogP contribution is -2.30. The van der Waals surface area contributed by atoms with Gasteiger partial charge in [0, 0.05) is 16.0 Å². The largest absolute Gasteiger partial charge is 0.449 e. The number of benzene rings is 4. The summed E-state index contributed by atoms with van der Waals surface area (Å²) in [5.74, 6) is -0.786. The third-order valence-electron chi connectivity index (χ3n) is 5.49. The smallest absolute Gasteiger partial charge is 0.339 e. The lowest BCUT2D eigenvalue weighted by atomic mass is 9.99. The first kappa shape index (κ1) is 22.9. The van der Waals surface area contributed by atoms with E-state index in [0.29, 0.717) is 44.2 Å². The predicted molar refractivity (Wildman–Crippen MR) is 137 cm³/mol. The maximum atomic E-state index is 13.2. The van der Waals surface area contributed by atoms with E-state index >= 15 is 0 Å². The fourth-order valence-corrected chi connectivity index (χ4v) is 4.24. The number of rotatable bonds is 5. The third kappa shape index (κ3) is 4.58. The number of para-hydroxylation sites is 2. The van der Waals surface area contributed by atoms with Crippen molar-refractivity contribution >= 4 is 62.6 Å². The molecule has 1 unspecified atom stereocenters. The van der Waals surface area contributed by atoms with Crippen molar-refractivity contribution in [3.8, 4) is 11.5 Å². The Morgan fingerprint density at radius 2 is 1.74 bits per heavy atom. The molecule has 1 amide bonds. The summed E-state index contributed by atoms with van der Waals surface area (Å²) in [7, 11) is 0. The van der Waals surface area contributed by atoms with Crippen LogP contribution in [0, 0.1) is 0 Å². The number of aromatic nitrogens is 1. The van der Waals surface area contributed by atoms with Crippen LogP contribution in [0.15, 0.2) is 83.3 Å². The molecule has 0 aliphatic rings. The predicted octanol–water partition coefficient (Wildman–Crippen LogP) is 7.14. The van der Waals surface area contributed by atoms with Gasteiger partial charge in [-0.2, -0.15) is 0 Å². The molecule has 1 heterocycles. The number of nitrogens with zero attached hydrogens (tertiary/aromatic N) is 1. The summed E-state index contributed by atoms with van der Waals surface area (Å²) in [4.78, 5) is 30.4. The zero-order valence-corrected chi connectivity index (χ0v) is 19.9. The van der Waals surface area contributed by atoms with E-state index in [2.05, 4.69) is 10.3 Å². The van der Waals surface area contributed by atoms with Crippen molar-refractivity contribution in [2.24, 2.45) is 0 Å². The number of oxazole rings is 1. The van der Waals surface area contributed by atoms with E-state index in [4.69, 9.17) is 32.4 Å². The summed E-state index contributed by atoms with van der Waals surface area (Å²) in [5, 5.41) is 4.81. The summed E-state index contributed by atoms with van der Waals surface area (Å²) in [6.45, 7) is 1.49. The van der Waals surface area contributed by atoms with Crippen molar-refractivity contribution < 1.29 is 18.7 Å². The van der Waals surface area contributed by atoms with Crippen molar-refractivity contribution in [1.29, 1.82) is 0 Å². The van der Waals surface area contributed by atoms with Crippen LogP contribution in [0.1, 0.15) is 17.3 Å². The first-order valence-corrected chi connectivity index (χ1v) is 11.5. The van der Waals surface area contributed by atoms with Crippen molar-refractivity contribution in [2.75, 3.05) is 5.32 Å². The molecule has 8 heteroatoms. The molecule has 5 rings (SSSR count). The molecule has 5 aromatic rings. The molecule has 1 N–H and O–H groups in total. The number of carbonyl (C=O) groups is 2. The van der Waals surface area contributed by atoms with Crippen molar-refractivity contribution in [1.82, 2.24) is 4.98 Å². The van der Waals surface area contributed by atoms with Gasteiger partial charge in [0.2, 0.25) is 5.89 Å². The Morgan fingerprint density at radius 1 is 0.971 bits per heavy atom. The van der Waals surface area contributed by atoms with Crippen LogP contribution in [0.25, 0.3) is 33.3 Å². The minimum atomic E-state index is -1.08. The number of hydrogen-bond acceptors (Lipinski definition) is 5. The molecule has 0 radical (unpaired) electrons. The van der Waals surface area contributed by atoms with Crippen LogP contribution in [0.2, 0.25) is 10.0 Å². The minimum Gasteiger partial charge on any atom is -0.449 e. The first-order chi connectivity index (χ1) is 16.9. The Balaban J connectivity index is 1.45. The van der Waals surface area contributed by atoms with E-state index in [1.54, 1.807) is 24.3 Å². The Labute approximate surface area is 210 Å². The van der Waals surface area contributed by atoms with Gasteiger partial charge in [-0.25, -0.2) is 9.78 Å². The summed E-state index contributed by atoms with van der Waals surface area (Å²) in [5.41, 5.74) is 2.67. The van der Waals surface area contributed by atoms with Crippen LogP contribution in [-0.4, -0.2) is 23.0 Å². The van der Waals surface area contributed by atoms with Gasteiger partial charge in [0.25, 0.3) is 5.91 Å². The third-order valence-corrected chi connectivity index (χ3v) is 6.04. The van der Waals surface area contributed by atoms with Gasteiger partial charge in [-0.15, -0.1) is 0 Å². The van der Waals surface area contributed by atoms with Gasteiger partial charge in [0.15, 0.2) is 11.7 Å². The van der Waals surface area contributed by atoms with E-state index in [-0.39, 0.29) is 5.02 Å². The maximum Gasteiger partial charge on any atom is 0.339 e. The number of carbonyl (C=O) groups excluding carboxylic acids is 2. The zero-order chi connectivity index (χ0) is 24.5. The van der Waals surface area contributed by atoms with Crippen LogP contribution in [0.5, 0.6) is 0 Å². The quantitative estimate of drug-likeness (QED) is 0.257. The highest BCUT2D eigenvalue weighted by Crippen LogP contribution is 2.33. The number of fused-ring (bicyclic) bond motifs is 2. The van der Waals surface area contributed by atoms with Crippen molar-refractivity contribution in [3.63, 3.8) is 0 Å². The standard InChI is InChI=1S/C27H18Cl2N2O4/c1-15(25(32)30-21-13-12-17(28)14-20(21)29)34-27(33)19-9-5-7-16-6-4-8-18(24(16)19)26-31-22-10-2-3-11-23(22)35-26/h2-15H,1H3,(H,30,32). The molecular weight excluding hydrogens is 487 g/mol. The Hall–Kier alpha value is -3.87. The Bertz CT molecular complexity index is 1560. The summed E-state index contributed by atoms with van der Waals surface area (Å²) in [6, 6.07) is 23.0. The molecule has 0 aliphatic carbocycles. The lowest BCUT2D eigenvalue weighted by molar-refractivity contribution is -0.123. The van der Waals surface area contributed by atoms with Gasteiger partial charge in [0.1, 0.15) is 5.52 Å². The zero-order valence-electron chi connectivity index (χ0n) is 18.4. The van der Waals surface area contributed by atoms with Crippen LogP contribution >= 0.6 is 23.2 Å². The second-order valence-corrected chi connectivity index (χ2v) is 8.70. The SMILES string of the molecule is CC(OC(=O)c1cccc2cccc(-c3nc4ccccc4o3)c12)C(=O)Nc1ccc(Cl)cc1Cl. The molecule has 0 spiro atoms. The fourth-order valence-electron chi connectivity index (χ4n) is 3.78. The molecule has 6 nitrogen and oxygen atoms in total. The number of anilines is 1. The average molecular weight is 505 g/mol. The van der Waals surface area contributed by atoms with E-state index in [9.17, 15) is 9.59 Å². The fraction of sp³-hybridized carbons (Fsp3) is 0.0741. The normalized spacial score (nSPS) is 12.0. The molecule has 1 atom stereocenters. The van der Waals surface area contributed by atoms with E-state index in [1.807, 2.05) is 48.5 Å². The van der Waals surface area contributed by atoms with Crippen LogP contribution < -0.4 is 5.32 Å². The first-order valence-electron chi connectivity index (χ1n) is 10.8. The number of ether oxygens (including phenoxy) is 1. The number of nitrogens with one attached hydrogen (secondary N) is 1. The molecule has 0 aliphatic heterocycles. The summed E-state index contributed by atoms with van der Waals surface area (Å²) >= 11 is 12.0. The number of halogens is 2. The summed E-state index contributed by atoms with van der Waals surface area (Å²) < 4.78 is 11.5. The number of esters is 1. The minimum absolute atomic E-state index is 0.279. The molecule has 35 heavy (non-hydrogen) atoms. The second kappa shape index (κ2) is 9.41. The number of amides is 1. The van der Waals surface area contributed by atoms with Gasteiger partial charge < -0.3 is 14.5 Å². The topological polar surface area (TPSA) is 81.4 Å². The van der Waals surface area contributed by atoms with Crippen molar-refractivity contribution in [3.05, 3.63) is 94.5 Å².